The van der Waals surface area contributed by atoms with Gasteiger partial charge in [-0.25, -0.2) is 17.7 Å². The number of aromatic nitrogens is 1. The Kier molecular flexibility index (Phi) is 4.79. The predicted octanol–water partition coefficient (Wildman–Crippen LogP) is 1.57. The van der Waals surface area contributed by atoms with Crippen LogP contribution in [0, 0.1) is 0 Å². The normalized spacial score (nSPS) is 22.2. The number of amides is 1. The predicted molar refractivity (Wildman–Crippen MR) is 85.6 cm³/mol. The summed E-state index contributed by atoms with van der Waals surface area (Å²) >= 11 is 1.37. The molecule has 1 saturated carbocycles. The molecule has 1 N–H and O–H groups in total. The molecule has 2 fully saturated rings. The fourth-order valence-electron chi connectivity index (χ4n) is 3.23. The van der Waals surface area contributed by atoms with Crippen LogP contribution in [-0.2, 0) is 10.0 Å². The van der Waals surface area contributed by atoms with E-state index in [4.69, 9.17) is 0 Å². The quantitative estimate of drug-likeness (QED) is 0.880. The minimum Gasteiger partial charge on any atom is -0.350 e. The zero-order valence-electron chi connectivity index (χ0n) is 12.5. The van der Waals surface area contributed by atoms with Crippen LogP contribution >= 0.6 is 11.3 Å². The number of hydrogen-bond acceptors (Lipinski definition) is 5. The van der Waals surface area contributed by atoms with Gasteiger partial charge in [-0.15, -0.1) is 11.3 Å². The molecule has 2 heterocycles. The maximum absolute atomic E-state index is 12.3. The Morgan fingerprint density at radius 3 is 2.82 bits per heavy atom. The minimum absolute atomic E-state index is 0.124. The Bertz CT molecular complexity index is 636. The van der Waals surface area contributed by atoms with E-state index in [1.807, 2.05) is 0 Å². The maximum Gasteiger partial charge on any atom is 0.263 e. The zero-order chi connectivity index (χ0) is 15.6. The molecule has 1 aliphatic heterocycles. The highest BCUT2D eigenvalue weighted by Gasteiger charge is 2.28. The van der Waals surface area contributed by atoms with Gasteiger partial charge in [0.2, 0.25) is 10.0 Å². The van der Waals surface area contributed by atoms with Crippen LogP contribution in [0.1, 0.15) is 53.4 Å². The molecule has 1 aliphatic carbocycles. The van der Waals surface area contributed by atoms with E-state index in [1.54, 1.807) is 5.51 Å². The standard InChI is InChI=1S/C14H21N3O3S2/c18-14(15-6-8-17-7-3-9-22(17,19)20)13-12(16-10-21-13)11-4-1-2-5-11/h10-11H,1-9H2,(H,15,18). The summed E-state index contributed by atoms with van der Waals surface area (Å²) in [6.45, 7) is 1.26. The molecule has 8 heteroatoms. The molecule has 122 valence electrons. The van der Waals surface area contributed by atoms with Gasteiger partial charge < -0.3 is 5.32 Å². The van der Waals surface area contributed by atoms with Gasteiger partial charge >= 0.3 is 0 Å². The van der Waals surface area contributed by atoms with Crippen molar-refractivity contribution in [1.82, 2.24) is 14.6 Å². The second kappa shape index (κ2) is 6.64. The molecule has 1 saturated heterocycles. The average molecular weight is 343 g/mol. The van der Waals surface area contributed by atoms with Crippen LogP contribution in [0.15, 0.2) is 5.51 Å². The number of nitrogens with zero attached hydrogens (tertiary/aromatic N) is 2. The van der Waals surface area contributed by atoms with Crippen molar-refractivity contribution in [2.75, 3.05) is 25.4 Å². The first kappa shape index (κ1) is 15.9. The Morgan fingerprint density at radius 1 is 1.36 bits per heavy atom. The lowest BCUT2D eigenvalue weighted by Crippen LogP contribution is -2.35. The van der Waals surface area contributed by atoms with Crippen LogP contribution in [0.2, 0.25) is 0 Å². The zero-order valence-corrected chi connectivity index (χ0v) is 14.1. The highest BCUT2D eigenvalue weighted by Crippen LogP contribution is 2.36. The van der Waals surface area contributed by atoms with Crippen molar-refractivity contribution in [1.29, 1.82) is 0 Å². The van der Waals surface area contributed by atoms with Crippen LogP contribution in [0.5, 0.6) is 0 Å². The molecule has 6 nitrogen and oxygen atoms in total. The SMILES string of the molecule is O=C(NCCN1CCCS1(=O)=O)c1scnc1C1CCCC1. The smallest absolute Gasteiger partial charge is 0.263 e. The number of sulfonamides is 1. The molecule has 0 bridgehead atoms. The molecule has 0 spiro atoms. The number of thiazole rings is 1. The molecule has 0 atom stereocenters. The van der Waals surface area contributed by atoms with Crippen molar-refractivity contribution in [3.63, 3.8) is 0 Å². The second-order valence-electron chi connectivity index (χ2n) is 5.87. The lowest BCUT2D eigenvalue weighted by atomic mass is 10.0. The van der Waals surface area contributed by atoms with Gasteiger partial charge in [-0.2, -0.15) is 0 Å². The fourth-order valence-corrected chi connectivity index (χ4v) is 5.55. The minimum atomic E-state index is -3.09. The molecule has 3 rings (SSSR count). The van der Waals surface area contributed by atoms with E-state index in [0.717, 1.165) is 18.5 Å². The number of nitrogens with one attached hydrogen (secondary N) is 1. The molecule has 2 aliphatic rings. The summed E-state index contributed by atoms with van der Waals surface area (Å²) in [5.74, 6) is 0.508. The van der Waals surface area contributed by atoms with Crippen molar-refractivity contribution in [3.8, 4) is 0 Å². The Labute approximate surface area is 135 Å². The lowest BCUT2D eigenvalue weighted by molar-refractivity contribution is 0.0954. The largest absolute Gasteiger partial charge is 0.350 e. The van der Waals surface area contributed by atoms with Gasteiger partial charge in [0.25, 0.3) is 5.91 Å². The van der Waals surface area contributed by atoms with Gasteiger partial charge in [-0.3, -0.25) is 4.79 Å². The topological polar surface area (TPSA) is 79.4 Å². The summed E-state index contributed by atoms with van der Waals surface area (Å²) in [6, 6.07) is 0. The molecular weight excluding hydrogens is 322 g/mol. The third kappa shape index (κ3) is 3.33. The molecule has 0 unspecified atom stereocenters. The Balaban J connectivity index is 1.55. The first-order chi connectivity index (χ1) is 10.6. The molecule has 22 heavy (non-hydrogen) atoms. The first-order valence-electron chi connectivity index (χ1n) is 7.77. The van der Waals surface area contributed by atoms with E-state index in [-0.39, 0.29) is 11.7 Å². The fraction of sp³-hybridized carbons (Fsp3) is 0.714. The van der Waals surface area contributed by atoms with E-state index in [1.165, 1.54) is 28.5 Å². The number of carbonyl (C=O) groups is 1. The number of carbonyl (C=O) groups excluding carboxylic acids is 1. The second-order valence-corrected chi connectivity index (χ2v) is 8.82. The van der Waals surface area contributed by atoms with Crippen molar-refractivity contribution in [2.45, 2.75) is 38.0 Å². The molecule has 0 radical (unpaired) electrons. The van der Waals surface area contributed by atoms with Crippen LogP contribution in [-0.4, -0.2) is 49.0 Å². The summed E-state index contributed by atoms with van der Waals surface area (Å²) < 4.78 is 24.9. The lowest BCUT2D eigenvalue weighted by Gasteiger charge is -2.14. The third-order valence-corrected chi connectivity index (χ3v) is 7.19. The summed E-state index contributed by atoms with van der Waals surface area (Å²) in [4.78, 5) is 17.4. The van der Waals surface area contributed by atoms with Gasteiger partial charge in [0.1, 0.15) is 4.88 Å². The van der Waals surface area contributed by atoms with Crippen molar-refractivity contribution < 1.29 is 13.2 Å². The van der Waals surface area contributed by atoms with Crippen molar-refractivity contribution in [3.05, 3.63) is 16.1 Å². The first-order valence-corrected chi connectivity index (χ1v) is 10.3. The highest BCUT2D eigenvalue weighted by atomic mass is 32.2. The molecular formula is C14H21N3O3S2. The van der Waals surface area contributed by atoms with E-state index in [9.17, 15) is 13.2 Å². The number of hydrogen-bond donors (Lipinski definition) is 1. The molecule has 1 aromatic rings. The van der Waals surface area contributed by atoms with Crippen LogP contribution < -0.4 is 5.32 Å². The Hall–Kier alpha value is -0.990. The summed E-state index contributed by atoms with van der Waals surface area (Å²) in [7, 11) is -3.09. The summed E-state index contributed by atoms with van der Waals surface area (Å²) in [6.07, 6.45) is 5.30. The number of rotatable bonds is 5. The van der Waals surface area contributed by atoms with Crippen LogP contribution in [0.3, 0.4) is 0 Å². The van der Waals surface area contributed by atoms with E-state index >= 15 is 0 Å². The molecule has 1 amide bonds. The third-order valence-electron chi connectivity index (χ3n) is 4.39. The summed E-state index contributed by atoms with van der Waals surface area (Å²) in [5.41, 5.74) is 2.65. The molecule has 1 aromatic heterocycles. The Morgan fingerprint density at radius 2 is 2.14 bits per heavy atom. The van der Waals surface area contributed by atoms with Gasteiger partial charge in [0.05, 0.1) is 17.0 Å². The maximum atomic E-state index is 12.3. The van der Waals surface area contributed by atoms with Gasteiger partial charge in [-0.1, -0.05) is 12.8 Å². The average Bonchev–Trinajstić information content (AvgIpc) is 3.18. The van der Waals surface area contributed by atoms with E-state index < -0.39 is 10.0 Å². The van der Waals surface area contributed by atoms with E-state index in [2.05, 4.69) is 10.3 Å². The van der Waals surface area contributed by atoms with Crippen molar-refractivity contribution >= 4 is 27.3 Å². The van der Waals surface area contributed by atoms with Crippen LogP contribution in [0.4, 0.5) is 0 Å². The van der Waals surface area contributed by atoms with Crippen molar-refractivity contribution in [2.24, 2.45) is 0 Å². The summed E-state index contributed by atoms with van der Waals surface area (Å²) in [5, 5.41) is 2.84. The monoisotopic (exact) mass is 343 g/mol. The van der Waals surface area contributed by atoms with Gasteiger partial charge in [-0.05, 0) is 19.3 Å². The van der Waals surface area contributed by atoms with E-state index in [0.29, 0.717) is 36.9 Å². The van der Waals surface area contributed by atoms with Gasteiger partial charge in [0.15, 0.2) is 0 Å². The van der Waals surface area contributed by atoms with Crippen LogP contribution in [0.25, 0.3) is 0 Å². The molecule has 0 aromatic carbocycles. The highest BCUT2D eigenvalue weighted by molar-refractivity contribution is 7.89. The van der Waals surface area contributed by atoms with Gasteiger partial charge in [0, 0.05) is 25.6 Å².